The highest BCUT2D eigenvalue weighted by atomic mass is 14.5. The summed E-state index contributed by atoms with van der Waals surface area (Å²) < 4.78 is 0. The van der Waals surface area contributed by atoms with Crippen LogP contribution in [0.2, 0.25) is 0 Å². The molecule has 0 saturated carbocycles. The Hall–Kier alpha value is -1.02. The number of rotatable bonds is 1. The van der Waals surface area contributed by atoms with Crippen molar-refractivity contribution in [2.24, 2.45) is 5.73 Å². The average Bonchev–Trinajstić information content (AvgIpc) is 1.90. The van der Waals surface area contributed by atoms with Crippen LogP contribution in [0, 0.1) is 0 Å². The molecule has 0 aliphatic heterocycles. The summed E-state index contributed by atoms with van der Waals surface area (Å²) in [5, 5.41) is 0. The lowest BCUT2D eigenvalue weighted by molar-refractivity contribution is 1.07. The van der Waals surface area contributed by atoms with Gasteiger partial charge in [-0.3, -0.25) is 0 Å². The summed E-state index contributed by atoms with van der Waals surface area (Å²) in [5.74, 6) is 0. The molecule has 0 amide bonds. The molecule has 9 heavy (non-hydrogen) atoms. The Balaban J connectivity index is 2.88. The van der Waals surface area contributed by atoms with Gasteiger partial charge in [-0.15, -0.1) is 5.69 Å². The largest absolute Gasteiger partial charge is 0.699 e. The van der Waals surface area contributed by atoms with Gasteiger partial charge in [-0.1, -0.05) is 24.3 Å². The number of hydrogen-bond acceptors (Lipinski definition) is 1. The van der Waals surface area contributed by atoms with E-state index < -0.39 is 0 Å². The maximum absolute atomic E-state index is 7.13. The van der Waals surface area contributed by atoms with Gasteiger partial charge in [0.15, 0.2) is 0 Å². The molecule has 0 atom stereocenters. The summed E-state index contributed by atoms with van der Waals surface area (Å²) in [5.41, 5.74) is 14.1. The molecule has 0 spiro atoms. The predicted molar refractivity (Wildman–Crippen MR) is 38.3 cm³/mol. The van der Waals surface area contributed by atoms with Gasteiger partial charge in [0.25, 0.3) is 0 Å². The molecule has 0 aromatic heterocycles. The second-order valence-electron chi connectivity index (χ2n) is 1.90. The first-order chi connectivity index (χ1) is 4.33. The Morgan fingerprint density at radius 3 is 2.22 bits per heavy atom. The van der Waals surface area contributed by atoms with Crippen molar-refractivity contribution >= 4 is 5.69 Å². The van der Waals surface area contributed by atoms with Gasteiger partial charge in [-0.2, -0.15) is 0 Å². The van der Waals surface area contributed by atoms with E-state index in [9.17, 15) is 0 Å². The fourth-order valence-electron chi connectivity index (χ4n) is 0.641. The van der Waals surface area contributed by atoms with Crippen molar-refractivity contribution in [1.29, 1.82) is 0 Å². The number of nitrogens with two attached hydrogens (primary N) is 1. The zero-order valence-corrected chi connectivity index (χ0v) is 5.09. The lowest BCUT2D eigenvalue weighted by atomic mass is 10.2. The molecular weight excluding hydrogens is 112 g/mol. The van der Waals surface area contributed by atoms with Gasteiger partial charge in [-0.05, 0) is 5.56 Å². The van der Waals surface area contributed by atoms with Gasteiger partial charge in [-0.25, -0.2) is 0 Å². The van der Waals surface area contributed by atoms with Crippen molar-refractivity contribution in [3.63, 3.8) is 0 Å². The molecule has 0 unspecified atom stereocenters. The van der Waals surface area contributed by atoms with Crippen LogP contribution in [0.4, 0.5) is 5.69 Å². The topological polar surface area (TPSA) is 49.8 Å². The number of benzene rings is 1. The van der Waals surface area contributed by atoms with Gasteiger partial charge in [0.2, 0.25) is 0 Å². The highest BCUT2D eigenvalue weighted by Gasteiger charge is 1.82. The quantitative estimate of drug-likeness (QED) is 0.605. The van der Waals surface area contributed by atoms with E-state index in [-0.39, 0.29) is 0 Å². The van der Waals surface area contributed by atoms with Crippen LogP contribution in [0.1, 0.15) is 5.56 Å². The van der Waals surface area contributed by atoms with Crippen molar-refractivity contribution in [1.82, 2.24) is 0 Å². The van der Waals surface area contributed by atoms with E-state index in [0.717, 1.165) is 5.56 Å². The first-order valence-electron chi connectivity index (χ1n) is 2.83. The Morgan fingerprint density at radius 2 is 1.78 bits per heavy atom. The van der Waals surface area contributed by atoms with Crippen LogP contribution in [0.3, 0.4) is 0 Å². The molecule has 0 heterocycles. The van der Waals surface area contributed by atoms with E-state index in [0.29, 0.717) is 12.2 Å². The minimum absolute atomic E-state index is 0.534. The van der Waals surface area contributed by atoms with Crippen molar-refractivity contribution in [2.45, 2.75) is 6.54 Å². The molecule has 0 radical (unpaired) electrons. The Morgan fingerprint density at radius 1 is 1.22 bits per heavy atom. The van der Waals surface area contributed by atoms with Crippen molar-refractivity contribution in [3.05, 3.63) is 35.6 Å². The monoisotopic (exact) mass is 121 g/mol. The van der Waals surface area contributed by atoms with Crippen LogP contribution in [-0.2, 0) is 6.54 Å². The maximum Gasteiger partial charge on any atom is 0.0178 e. The van der Waals surface area contributed by atoms with E-state index in [1.54, 1.807) is 12.1 Å². The minimum Gasteiger partial charge on any atom is -0.699 e. The van der Waals surface area contributed by atoms with Gasteiger partial charge in [0.05, 0.1) is 0 Å². The van der Waals surface area contributed by atoms with E-state index in [2.05, 4.69) is 0 Å². The SMILES string of the molecule is [NH-]c1ccc(CN)cc1. The Labute approximate surface area is 54.5 Å². The second kappa shape index (κ2) is 2.51. The van der Waals surface area contributed by atoms with Gasteiger partial charge >= 0.3 is 0 Å². The first-order valence-corrected chi connectivity index (χ1v) is 2.83. The number of hydrogen-bond donors (Lipinski definition) is 1. The van der Waals surface area contributed by atoms with E-state index >= 15 is 0 Å². The molecular formula is C7H9N2-. The lowest BCUT2D eigenvalue weighted by Crippen LogP contribution is -1.94. The molecule has 3 N–H and O–H groups in total. The highest BCUT2D eigenvalue weighted by molar-refractivity contribution is 5.43. The Bertz CT molecular complexity index is 179. The fourth-order valence-corrected chi connectivity index (χ4v) is 0.641. The third-order valence-electron chi connectivity index (χ3n) is 1.19. The highest BCUT2D eigenvalue weighted by Crippen LogP contribution is 2.09. The smallest absolute Gasteiger partial charge is 0.0178 e. The molecule has 0 saturated heterocycles. The molecule has 0 fully saturated rings. The molecule has 1 aromatic carbocycles. The number of nitrogens with one attached hydrogen (secondary N) is 1. The summed E-state index contributed by atoms with van der Waals surface area (Å²) in [4.78, 5) is 0. The van der Waals surface area contributed by atoms with E-state index in [1.165, 1.54) is 0 Å². The standard InChI is InChI=1S/C7H9N2/c8-5-6-1-3-7(9)4-2-6/h1-4,9H,5,8H2/q-1. The molecule has 2 heteroatoms. The molecule has 1 aromatic rings. The normalized spacial score (nSPS) is 9.44. The van der Waals surface area contributed by atoms with Crippen molar-refractivity contribution < 1.29 is 0 Å². The minimum atomic E-state index is 0.534. The van der Waals surface area contributed by atoms with Crippen LogP contribution in [0.15, 0.2) is 24.3 Å². The predicted octanol–water partition coefficient (Wildman–Crippen LogP) is 1.83. The summed E-state index contributed by atoms with van der Waals surface area (Å²) in [6.45, 7) is 0.556. The third-order valence-corrected chi connectivity index (χ3v) is 1.19. The average molecular weight is 121 g/mol. The van der Waals surface area contributed by atoms with Crippen LogP contribution < -0.4 is 5.73 Å². The summed E-state index contributed by atoms with van der Waals surface area (Å²) >= 11 is 0. The molecule has 0 aliphatic rings. The van der Waals surface area contributed by atoms with Crippen LogP contribution >= 0.6 is 0 Å². The van der Waals surface area contributed by atoms with Crippen LogP contribution in [0.5, 0.6) is 0 Å². The van der Waals surface area contributed by atoms with Crippen LogP contribution in [0.25, 0.3) is 5.73 Å². The second-order valence-corrected chi connectivity index (χ2v) is 1.90. The van der Waals surface area contributed by atoms with Gasteiger partial charge in [0.1, 0.15) is 0 Å². The molecule has 2 nitrogen and oxygen atoms in total. The van der Waals surface area contributed by atoms with Crippen molar-refractivity contribution in [2.75, 3.05) is 0 Å². The molecule has 0 bridgehead atoms. The van der Waals surface area contributed by atoms with Crippen LogP contribution in [-0.4, -0.2) is 0 Å². The molecule has 1 rings (SSSR count). The van der Waals surface area contributed by atoms with Gasteiger partial charge in [0, 0.05) is 6.54 Å². The van der Waals surface area contributed by atoms with E-state index in [4.69, 9.17) is 11.5 Å². The van der Waals surface area contributed by atoms with E-state index in [1.807, 2.05) is 12.1 Å². The fraction of sp³-hybridized carbons (Fsp3) is 0.143. The molecule has 48 valence electrons. The summed E-state index contributed by atoms with van der Waals surface area (Å²) in [6, 6.07) is 7.20. The maximum atomic E-state index is 7.13. The van der Waals surface area contributed by atoms with Crippen molar-refractivity contribution in [3.8, 4) is 0 Å². The zero-order chi connectivity index (χ0) is 6.69. The first kappa shape index (κ1) is 6.11. The summed E-state index contributed by atoms with van der Waals surface area (Å²) in [6.07, 6.45) is 0. The lowest BCUT2D eigenvalue weighted by Gasteiger charge is -2.01. The third kappa shape index (κ3) is 1.44. The van der Waals surface area contributed by atoms with Gasteiger partial charge < -0.3 is 11.5 Å². The summed E-state index contributed by atoms with van der Waals surface area (Å²) in [7, 11) is 0. The molecule has 0 aliphatic carbocycles. The Kier molecular flexibility index (Phi) is 1.70. The zero-order valence-electron chi connectivity index (χ0n) is 5.09.